The maximum absolute atomic E-state index is 13.3. The number of rotatable bonds is 2. The standard InChI is InChI=1S/C12H12FNO2/c1-3-4-14-10-5-8(2)9(13)6-11(10)16-7-12(14)15/h3,5-6H,1,4,7H2,2H3. The van der Waals surface area contributed by atoms with Gasteiger partial charge in [0, 0.05) is 12.6 Å². The van der Waals surface area contributed by atoms with Crippen molar-refractivity contribution in [2.45, 2.75) is 6.92 Å². The van der Waals surface area contributed by atoms with Crippen molar-refractivity contribution in [3.05, 3.63) is 36.2 Å². The molecule has 0 aliphatic carbocycles. The molecule has 1 heterocycles. The number of aryl methyl sites for hydroxylation is 1. The quantitative estimate of drug-likeness (QED) is 0.715. The van der Waals surface area contributed by atoms with Crippen molar-refractivity contribution < 1.29 is 13.9 Å². The van der Waals surface area contributed by atoms with Crippen molar-refractivity contribution in [1.29, 1.82) is 0 Å². The molecular weight excluding hydrogens is 209 g/mol. The van der Waals surface area contributed by atoms with E-state index in [2.05, 4.69) is 6.58 Å². The smallest absolute Gasteiger partial charge is 0.265 e. The first-order valence-electron chi connectivity index (χ1n) is 4.97. The van der Waals surface area contributed by atoms with Gasteiger partial charge < -0.3 is 9.64 Å². The van der Waals surface area contributed by atoms with Gasteiger partial charge in [-0.3, -0.25) is 4.79 Å². The average molecular weight is 221 g/mol. The topological polar surface area (TPSA) is 29.5 Å². The number of hydrogen-bond acceptors (Lipinski definition) is 2. The average Bonchev–Trinajstić information content (AvgIpc) is 2.25. The molecule has 0 unspecified atom stereocenters. The van der Waals surface area contributed by atoms with Gasteiger partial charge in [-0.1, -0.05) is 6.08 Å². The minimum Gasteiger partial charge on any atom is -0.481 e. The fourth-order valence-corrected chi connectivity index (χ4v) is 1.66. The van der Waals surface area contributed by atoms with Gasteiger partial charge in [-0.2, -0.15) is 0 Å². The van der Waals surface area contributed by atoms with Crippen molar-refractivity contribution in [3.63, 3.8) is 0 Å². The van der Waals surface area contributed by atoms with E-state index in [1.54, 1.807) is 19.1 Å². The van der Waals surface area contributed by atoms with Crippen LogP contribution in [0.1, 0.15) is 5.56 Å². The predicted octanol–water partition coefficient (Wildman–Crippen LogP) is 2.05. The Morgan fingerprint density at radius 2 is 2.38 bits per heavy atom. The minimum atomic E-state index is -0.327. The van der Waals surface area contributed by atoms with Gasteiger partial charge in [0.2, 0.25) is 0 Å². The monoisotopic (exact) mass is 221 g/mol. The molecule has 1 aromatic carbocycles. The Balaban J connectivity index is 2.50. The van der Waals surface area contributed by atoms with Gasteiger partial charge in [0.05, 0.1) is 5.69 Å². The molecule has 0 saturated carbocycles. The molecule has 3 nitrogen and oxygen atoms in total. The van der Waals surface area contributed by atoms with Crippen LogP contribution < -0.4 is 9.64 Å². The van der Waals surface area contributed by atoms with Crippen LogP contribution in [0.3, 0.4) is 0 Å². The molecule has 1 aliphatic rings. The van der Waals surface area contributed by atoms with Crippen molar-refractivity contribution >= 4 is 11.6 Å². The van der Waals surface area contributed by atoms with Gasteiger partial charge in [-0.25, -0.2) is 4.39 Å². The highest BCUT2D eigenvalue weighted by Gasteiger charge is 2.25. The lowest BCUT2D eigenvalue weighted by Crippen LogP contribution is -2.38. The number of benzene rings is 1. The lowest BCUT2D eigenvalue weighted by molar-refractivity contribution is -0.121. The second kappa shape index (κ2) is 3.96. The number of hydrogen-bond donors (Lipinski definition) is 0. The Morgan fingerprint density at radius 1 is 1.62 bits per heavy atom. The van der Waals surface area contributed by atoms with Crippen LogP contribution in [0.2, 0.25) is 0 Å². The Morgan fingerprint density at radius 3 is 3.06 bits per heavy atom. The van der Waals surface area contributed by atoms with E-state index >= 15 is 0 Å². The zero-order valence-corrected chi connectivity index (χ0v) is 9.00. The van der Waals surface area contributed by atoms with E-state index in [1.807, 2.05) is 0 Å². The first-order valence-corrected chi connectivity index (χ1v) is 4.97. The van der Waals surface area contributed by atoms with Gasteiger partial charge in [-0.15, -0.1) is 6.58 Å². The largest absolute Gasteiger partial charge is 0.481 e. The van der Waals surface area contributed by atoms with Crippen molar-refractivity contribution in [2.75, 3.05) is 18.1 Å². The molecule has 0 fully saturated rings. The molecule has 2 rings (SSSR count). The maximum atomic E-state index is 13.3. The van der Waals surface area contributed by atoms with E-state index in [-0.39, 0.29) is 18.3 Å². The molecule has 1 aliphatic heterocycles. The van der Waals surface area contributed by atoms with Crippen LogP contribution in [0.25, 0.3) is 0 Å². The molecule has 0 aromatic heterocycles. The van der Waals surface area contributed by atoms with E-state index in [4.69, 9.17) is 4.74 Å². The van der Waals surface area contributed by atoms with Crippen LogP contribution in [0.15, 0.2) is 24.8 Å². The molecule has 0 spiro atoms. The second-order valence-corrected chi connectivity index (χ2v) is 3.65. The number of carbonyl (C=O) groups excluding carboxylic acids is 1. The summed E-state index contributed by atoms with van der Waals surface area (Å²) in [6, 6.07) is 2.93. The predicted molar refractivity (Wildman–Crippen MR) is 59.2 cm³/mol. The zero-order valence-electron chi connectivity index (χ0n) is 9.00. The van der Waals surface area contributed by atoms with Crippen molar-refractivity contribution in [1.82, 2.24) is 0 Å². The summed E-state index contributed by atoms with van der Waals surface area (Å²) in [6.45, 7) is 5.60. The van der Waals surface area contributed by atoms with Crippen molar-refractivity contribution in [3.8, 4) is 5.75 Å². The molecule has 0 atom stereocenters. The third-order valence-electron chi connectivity index (χ3n) is 2.49. The van der Waals surface area contributed by atoms with Crippen LogP contribution in [0.5, 0.6) is 5.75 Å². The van der Waals surface area contributed by atoms with Gasteiger partial charge >= 0.3 is 0 Å². The number of halogens is 1. The Kier molecular flexibility index (Phi) is 2.64. The third-order valence-corrected chi connectivity index (χ3v) is 2.49. The summed E-state index contributed by atoms with van der Waals surface area (Å²) in [4.78, 5) is 13.1. The fourth-order valence-electron chi connectivity index (χ4n) is 1.66. The number of fused-ring (bicyclic) bond motifs is 1. The van der Waals surface area contributed by atoms with Crippen LogP contribution >= 0.6 is 0 Å². The Labute approximate surface area is 93.1 Å². The summed E-state index contributed by atoms with van der Waals surface area (Å²) in [5.41, 5.74) is 1.10. The fraction of sp³-hybridized carbons (Fsp3) is 0.250. The van der Waals surface area contributed by atoms with Crippen LogP contribution in [0.4, 0.5) is 10.1 Å². The molecule has 0 N–H and O–H groups in total. The normalized spacial score (nSPS) is 14.4. The lowest BCUT2D eigenvalue weighted by Gasteiger charge is -2.28. The summed E-state index contributed by atoms with van der Waals surface area (Å²) in [7, 11) is 0. The third kappa shape index (κ3) is 1.66. The molecule has 84 valence electrons. The molecule has 0 bridgehead atoms. The molecule has 0 saturated heterocycles. The Hall–Kier alpha value is -1.84. The van der Waals surface area contributed by atoms with Gasteiger partial charge in [0.1, 0.15) is 11.6 Å². The van der Waals surface area contributed by atoms with Gasteiger partial charge in [0.15, 0.2) is 6.61 Å². The molecular formula is C12H12FNO2. The van der Waals surface area contributed by atoms with Crippen molar-refractivity contribution in [2.24, 2.45) is 0 Å². The number of ether oxygens (including phenoxy) is 1. The molecule has 4 heteroatoms. The molecule has 1 amide bonds. The van der Waals surface area contributed by atoms with Crippen LogP contribution in [-0.2, 0) is 4.79 Å². The zero-order chi connectivity index (χ0) is 11.7. The first kappa shape index (κ1) is 10.7. The summed E-state index contributed by atoms with van der Waals surface area (Å²) in [5.74, 6) is -0.0605. The molecule has 16 heavy (non-hydrogen) atoms. The summed E-state index contributed by atoms with van der Waals surface area (Å²) in [5, 5.41) is 0. The number of anilines is 1. The van der Waals surface area contributed by atoms with Gasteiger partial charge in [0.25, 0.3) is 5.91 Å². The van der Waals surface area contributed by atoms with Gasteiger partial charge in [-0.05, 0) is 18.6 Å². The van der Waals surface area contributed by atoms with E-state index < -0.39 is 0 Å². The van der Waals surface area contributed by atoms with Crippen LogP contribution in [-0.4, -0.2) is 19.1 Å². The van der Waals surface area contributed by atoms with E-state index in [0.29, 0.717) is 23.5 Å². The maximum Gasteiger partial charge on any atom is 0.265 e. The number of amides is 1. The molecule has 0 radical (unpaired) electrons. The SMILES string of the molecule is C=CCN1C(=O)COc2cc(F)c(C)cc21. The molecule has 1 aromatic rings. The minimum absolute atomic E-state index is 0.0522. The number of nitrogens with zero attached hydrogens (tertiary/aromatic N) is 1. The van der Waals surface area contributed by atoms with E-state index in [0.717, 1.165) is 0 Å². The summed E-state index contributed by atoms with van der Waals surface area (Å²) < 4.78 is 18.5. The lowest BCUT2D eigenvalue weighted by atomic mass is 10.1. The van der Waals surface area contributed by atoms with Crippen LogP contribution in [0, 0.1) is 12.7 Å². The second-order valence-electron chi connectivity index (χ2n) is 3.65. The summed E-state index contributed by atoms with van der Waals surface area (Å²) >= 11 is 0. The first-order chi connectivity index (χ1) is 7.63. The van der Waals surface area contributed by atoms with E-state index in [9.17, 15) is 9.18 Å². The highest BCUT2D eigenvalue weighted by Crippen LogP contribution is 2.34. The summed E-state index contributed by atoms with van der Waals surface area (Å²) in [6.07, 6.45) is 1.63. The van der Waals surface area contributed by atoms with E-state index in [1.165, 1.54) is 11.0 Å². The highest BCUT2D eigenvalue weighted by molar-refractivity contribution is 5.98. The number of carbonyl (C=O) groups is 1. The Bertz CT molecular complexity index is 457. The highest BCUT2D eigenvalue weighted by atomic mass is 19.1.